The van der Waals surface area contributed by atoms with Crippen LogP contribution in [0.2, 0.25) is 0 Å². The number of hydrogen-bond donors (Lipinski definition) is 2. The molecule has 1 aliphatic rings. The maximum absolute atomic E-state index is 12.1. The lowest BCUT2D eigenvalue weighted by molar-refractivity contribution is -0.146. The zero-order valence-electron chi connectivity index (χ0n) is 11.0. The zero-order valence-corrected chi connectivity index (χ0v) is 11.0. The molecule has 0 aromatic carbocycles. The SMILES string of the molecule is CCOC1(C(=O)NCCCCC(=O)O)CCCC1. The van der Waals surface area contributed by atoms with Gasteiger partial charge in [0.15, 0.2) is 0 Å². The fraction of sp³-hybridized carbons (Fsp3) is 0.846. The van der Waals surface area contributed by atoms with E-state index in [1.54, 1.807) is 0 Å². The number of ether oxygens (including phenoxy) is 1. The summed E-state index contributed by atoms with van der Waals surface area (Å²) in [4.78, 5) is 22.4. The van der Waals surface area contributed by atoms with Crippen LogP contribution in [0.1, 0.15) is 51.9 Å². The number of rotatable bonds is 8. The van der Waals surface area contributed by atoms with Crippen molar-refractivity contribution in [2.24, 2.45) is 0 Å². The lowest BCUT2D eigenvalue weighted by Gasteiger charge is -2.27. The Hall–Kier alpha value is -1.10. The van der Waals surface area contributed by atoms with Crippen LogP contribution < -0.4 is 5.32 Å². The molecule has 0 aliphatic heterocycles. The van der Waals surface area contributed by atoms with E-state index in [4.69, 9.17) is 9.84 Å². The molecule has 0 saturated heterocycles. The van der Waals surface area contributed by atoms with E-state index >= 15 is 0 Å². The normalized spacial score (nSPS) is 17.6. The molecular weight excluding hydrogens is 234 g/mol. The standard InChI is InChI=1S/C13H23NO4/c1-2-18-13(8-4-5-9-13)12(17)14-10-6-3-7-11(15)16/h2-10H2,1H3,(H,14,17)(H,15,16). The van der Waals surface area contributed by atoms with E-state index in [1.165, 1.54) is 0 Å². The zero-order chi connectivity index (χ0) is 13.4. The number of carboxylic acids is 1. The summed E-state index contributed by atoms with van der Waals surface area (Å²) in [5.74, 6) is -0.819. The average Bonchev–Trinajstić information content (AvgIpc) is 2.78. The Bertz CT molecular complexity index is 285. The Balaban J connectivity index is 2.27. The third-order valence-corrected chi connectivity index (χ3v) is 3.35. The Labute approximate surface area is 108 Å². The second-order valence-electron chi connectivity index (χ2n) is 4.74. The highest BCUT2D eigenvalue weighted by molar-refractivity contribution is 5.85. The highest BCUT2D eigenvalue weighted by Gasteiger charge is 2.41. The first-order valence-electron chi connectivity index (χ1n) is 6.75. The molecule has 18 heavy (non-hydrogen) atoms. The van der Waals surface area contributed by atoms with Crippen molar-refractivity contribution < 1.29 is 19.4 Å². The molecule has 0 radical (unpaired) electrons. The van der Waals surface area contributed by atoms with Crippen molar-refractivity contribution in [2.45, 2.75) is 57.5 Å². The number of carboxylic acid groups (broad SMARTS) is 1. The number of amides is 1. The minimum absolute atomic E-state index is 0.0304. The van der Waals surface area contributed by atoms with E-state index in [-0.39, 0.29) is 12.3 Å². The summed E-state index contributed by atoms with van der Waals surface area (Å²) in [6.07, 6.45) is 5.10. The molecule has 5 heteroatoms. The van der Waals surface area contributed by atoms with Crippen LogP contribution in [0, 0.1) is 0 Å². The van der Waals surface area contributed by atoms with Gasteiger partial charge in [-0.2, -0.15) is 0 Å². The molecule has 1 saturated carbocycles. The Morgan fingerprint density at radius 3 is 2.50 bits per heavy atom. The molecule has 0 aromatic rings. The summed E-state index contributed by atoms with van der Waals surface area (Å²) < 4.78 is 5.64. The van der Waals surface area contributed by atoms with E-state index in [0.29, 0.717) is 26.0 Å². The Morgan fingerprint density at radius 1 is 1.28 bits per heavy atom. The van der Waals surface area contributed by atoms with Crippen LogP contribution in [0.15, 0.2) is 0 Å². The van der Waals surface area contributed by atoms with Gasteiger partial charge in [0.05, 0.1) is 0 Å². The van der Waals surface area contributed by atoms with E-state index in [1.807, 2.05) is 6.92 Å². The third kappa shape index (κ3) is 4.29. The van der Waals surface area contributed by atoms with Crippen LogP contribution in [0.3, 0.4) is 0 Å². The van der Waals surface area contributed by atoms with Gasteiger partial charge in [-0.3, -0.25) is 9.59 Å². The first-order valence-corrected chi connectivity index (χ1v) is 6.75. The van der Waals surface area contributed by atoms with E-state index in [2.05, 4.69) is 5.32 Å². The lowest BCUT2D eigenvalue weighted by Crippen LogP contribution is -2.47. The summed E-state index contributed by atoms with van der Waals surface area (Å²) in [5.41, 5.74) is -0.623. The smallest absolute Gasteiger partial charge is 0.303 e. The van der Waals surface area contributed by atoms with Crippen molar-refractivity contribution in [3.05, 3.63) is 0 Å². The van der Waals surface area contributed by atoms with Gasteiger partial charge >= 0.3 is 5.97 Å². The molecule has 1 rings (SSSR count). The topological polar surface area (TPSA) is 75.6 Å². The fourth-order valence-corrected chi connectivity index (χ4v) is 2.42. The Kier molecular flexibility index (Phi) is 6.12. The minimum Gasteiger partial charge on any atom is -0.481 e. The molecule has 1 fully saturated rings. The van der Waals surface area contributed by atoms with Gasteiger partial charge in [-0.05, 0) is 45.4 Å². The maximum Gasteiger partial charge on any atom is 0.303 e. The highest BCUT2D eigenvalue weighted by atomic mass is 16.5. The largest absolute Gasteiger partial charge is 0.481 e. The highest BCUT2D eigenvalue weighted by Crippen LogP contribution is 2.33. The fourth-order valence-electron chi connectivity index (χ4n) is 2.42. The lowest BCUT2D eigenvalue weighted by atomic mass is 10.0. The molecule has 0 atom stereocenters. The quantitative estimate of drug-likeness (QED) is 0.649. The predicted octanol–water partition coefficient (Wildman–Crippen LogP) is 1.71. The first kappa shape index (κ1) is 15.0. The minimum atomic E-state index is -0.789. The summed E-state index contributed by atoms with van der Waals surface area (Å²) in [7, 11) is 0. The van der Waals surface area contributed by atoms with Gasteiger partial charge in [-0.1, -0.05) is 0 Å². The van der Waals surface area contributed by atoms with Crippen LogP contribution in [-0.2, 0) is 14.3 Å². The maximum atomic E-state index is 12.1. The van der Waals surface area contributed by atoms with Crippen LogP contribution in [0.4, 0.5) is 0 Å². The molecular formula is C13H23NO4. The van der Waals surface area contributed by atoms with Crippen LogP contribution in [0.5, 0.6) is 0 Å². The van der Waals surface area contributed by atoms with Gasteiger partial charge in [-0.15, -0.1) is 0 Å². The van der Waals surface area contributed by atoms with Crippen LogP contribution in [0.25, 0.3) is 0 Å². The molecule has 0 aromatic heterocycles. The van der Waals surface area contributed by atoms with Gasteiger partial charge in [0.1, 0.15) is 5.60 Å². The number of carbonyl (C=O) groups excluding carboxylic acids is 1. The Morgan fingerprint density at radius 2 is 1.94 bits per heavy atom. The summed E-state index contributed by atoms with van der Waals surface area (Å²) in [5, 5.41) is 11.4. The molecule has 1 aliphatic carbocycles. The van der Waals surface area contributed by atoms with Crippen molar-refractivity contribution in [1.82, 2.24) is 5.32 Å². The molecule has 5 nitrogen and oxygen atoms in total. The number of aliphatic carboxylic acids is 1. The molecule has 104 valence electrons. The van der Waals surface area contributed by atoms with Crippen molar-refractivity contribution in [3.8, 4) is 0 Å². The summed E-state index contributed by atoms with van der Waals surface area (Å²) >= 11 is 0. The van der Waals surface area contributed by atoms with E-state index in [9.17, 15) is 9.59 Å². The molecule has 0 bridgehead atoms. The monoisotopic (exact) mass is 257 g/mol. The molecule has 0 spiro atoms. The average molecular weight is 257 g/mol. The van der Waals surface area contributed by atoms with Gasteiger partial charge < -0.3 is 15.2 Å². The van der Waals surface area contributed by atoms with Crippen molar-refractivity contribution in [1.29, 1.82) is 0 Å². The van der Waals surface area contributed by atoms with Crippen molar-refractivity contribution >= 4 is 11.9 Å². The van der Waals surface area contributed by atoms with Crippen LogP contribution >= 0.6 is 0 Å². The second-order valence-corrected chi connectivity index (χ2v) is 4.74. The molecule has 1 amide bonds. The molecule has 0 heterocycles. The van der Waals surface area contributed by atoms with Gasteiger partial charge in [0, 0.05) is 19.6 Å². The number of hydrogen-bond acceptors (Lipinski definition) is 3. The van der Waals surface area contributed by atoms with E-state index in [0.717, 1.165) is 25.7 Å². The van der Waals surface area contributed by atoms with Gasteiger partial charge in [-0.25, -0.2) is 0 Å². The van der Waals surface area contributed by atoms with Crippen molar-refractivity contribution in [2.75, 3.05) is 13.2 Å². The summed E-state index contributed by atoms with van der Waals surface area (Å²) in [6.45, 7) is 2.98. The number of nitrogens with one attached hydrogen (secondary N) is 1. The third-order valence-electron chi connectivity index (χ3n) is 3.35. The summed E-state index contributed by atoms with van der Waals surface area (Å²) in [6, 6.07) is 0. The number of unbranched alkanes of at least 4 members (excludes halogenated alkanes) is 1. The van der Waals surface area contributed by atoms with Crippen molar-refractivity contribution in [3.63, 3.8) is 0 Å². The molecule has 0 unspecified atom stereocenters. The number of carbonyl (C=O) groups is 2. The molecule has 2 N–H and O–H groups in total. The van der Waals surface area contributed by atoms with Gasteiger partial charge in [0.2, 0.25) is 0 Å². The van der Waals surface area contributed by atoms with Crippen LogP contribution in [-0.4, -0.2) is 35.7 Å². The van der Waals surface area contributed by atoms with Gasteiger partial charge in [0.25, 0.3) is 5.91 Å². The predicted molar refractivity (Wildman–Crippen MR) is 67.3 cm³/mol. The van der Waals surface area contributed by atoms with E-state index < -0.39 is 11.6 Å². The second kappa shape index (κ2) is 7.36. The first-order chi connectivity index (χ1) is 8.60.